The molecule has 0 aliphatic carbocycles. The van der Waals surface area contributed by atoms with Gasteiger partial charge in [-0.1, -0.05) is 23.7 Å². The third-order valence-electron chi connectivity index (χ3n) is 2.56. The van der Waals surface area contributed by atoms with Gasteiger partial charge in [0.15, 0.2) is 0 Å². The first kappa shape index (κ1) is 14.3. The maximum absolute atomic E-state index is 11.7. The smallest absolute Gasteiger partial charge is 0.226 e. The summed E-state index contributed by atoms with van der Waals surface area (Å²) in [6.07, 6.45) is 0.793. The maximum Gasteiger partial charge on any atom is 0.226 e. The first-order chi connectivity index (χ1) is 7.95. The third-order valence-corrected chi connectivity index (χ3v) is 3.48. The number of carbonyl (C=O) groups excluding carboxylic acids is 1. The first-order valence-electron chi connectivity index (χ1n) is 5.54. The summed E-state index contributed by atoms with van der Waals surface area (Å²) in [5.41, 5.74) is 0.639. The van der Waals surface area contributed by atoms with E-state index in [1.54, 1.807) is 0 Å². The van der Waals surface area contributed by atoms with Crippen LogP contribution in [0.5, 0.6) is 0 Å². The van der Waals surface area contributed by atoms with Crippen LogP contribution in [0.3, 0.4) is 0 Å². The Morgan fingerprint density at radius 2 is 1.88 bits per heavy atom. The van der Waals surface area contributed by atoms with Crippen molar-refractivity contribution >= 4 is 29.1 Å². The van der Waals surface area contributed by atoms with Crippen LogP contribution in [0.2, 0.25) is 5.02 Å². The molecule has 4 heteroatoms. The van der Waals surface area contributed by atoms with Crippen LogP contribution in [0.25, 0.3) is 0 Å². The van der Waals surface area contributed by atoms with E-state index in [1.165, 1.54) is 0 Å². The monoisotopic (exact) mass is 273 g/mol. The lowest BCUT2D eigenvalue weighted by Crippen LogP contribution is -2.39. The highest BCUT2D eigenvalue weighted by molar-refractivity contribution is 6.30. The minimum atomic E-state index is -0.512. The summed E-state index contributed by atoms with van der Waals surface area (Å²) < 4.78 is 0. The normalized spacial score (nSPS) is 11.3. The standard InChI is InChI=1S/C13H17Cl2NO/c1-13(2,9-14)12(17)16-8-7-10-3-5-11(15)6-4-10/h3-6H,7-9H2,1-2H3,(H,16,17). The fraction of sp³-hybridized carbons (Fsp3) is 0.462. The summed E-state index contributed by atoms with van der Waals surface area (Å²) in [4.78, 5) is 11.7. The number of hydrogen-bond acceptors (Lipinski definition) is 1. The van der Waals surface area contributed by atoms with Gasteiger partial charge >= 0.3 is 0 Å². The van der Waals surface area contributed by atoms with E-state index in [9.17, 15) is 4.79 Å². The molecule has 0 heterocycles. The molecule has 94 valence electrons. The predicted octanol–water partition coefficient (Wildman–Crippen LogP) is 3.26. The average molecular weight is 274 g/mol. The molecule has 0 saturated carbocycles. The number of amides is 1. The molecule has 1 N–H and O–H groups in total. The summed E-state index contributed by atoms with van der Waals surface area (Å²) in [6.45, 7) is 4.27. The molecule has 0 radical (unpaired) electrons. The van der Waals surface area contributed by atoms with Gasteiger partial charge in [-0.3, -0.25) is 4.79 Å². The highest BCUT2D eigenvalue weighted by atomic mass is 35.5. The molecule has 1 amide bonds. The number of halogens is 2. The van der Waals surface area contributed by atoms with Gasteiger partial charge < -0.3 is 5.32 Å². The van der Waals surface area contributed by atoms with E-state index in [0.717, 1.165) is 17.0 Å². The third kappa shape index (κ3) is 4.57. The van der Waals surface area contributed by atoms with Crippen LogP contribution >= 0.6 is 23.2 Å². The van der Waals surface area contributed by atoms with E-state index in [-0.39, 0.29) is 5.91 Å². The SMILES string of the molecule is CC(C)(CCl)C(=O)NCCc1ccc(Cl)cc1. The molecule has 1 aromatic carbocycles. The quantitative estimate of drug-likeness (QED) is 0.820. The van der Waals surface area contributed by atoms with Crippen molar-refractivity contribution in [3.05, 3.63) is 34.9 Å². The Morgan fingerprint density at radius 1 is 1.29 bits per heavy atom. The van der Waals surface area contributed by atoms with Crippen molar-refractivity contribution in [2.24, 2.45) is 5.41 Å². The zero-order valence-corrected chi connectivity index (χ0v) is 11.6. The van der Waals surface area contributed by atoms with Crippen LogP contribution in [0.4, 0.5) is 0 Å². The number of hydrogen-bond donors (Lipinski definition) is 1. The van der Waals surface area contributed by atoms with E-state index in [2.05, 4.69) is 5.32 Å². The van der Waals surface area contributed by atoms with Crippen molar-refractivity contribution < 1.29 is 4.79 Å². The Bertz CT molecular complexity index is 374. The van der Waals surface area contributed by atoms with E-state index >= 15 is 0 Å². The first-order valence-corrected chi connectivity index (χ1v) is 6.45. The molecule has 0 saturated heterocycles. The Hall–Kier alpha value is -0.730. The largest absolute Gasteiger partial charge is 0.355 e. The van der Waals surface area contributed by atoms with Crippen molar-refractivity contribution in [2.75, 3.05) is 12.4 Å². The number of rotatable bonds is 5. The summed E-state index contributed by atoms with van der Waals surface area (Å²) in [5.74, 6) is 0.307. The number of benzene rings is 1. The fourth-order valence-electron chi connectivity index (χ4n) is 1.27. The van der Waals surface area contributed by atoms with Gasteiger partial charge in [-0.2, -0.15) is 0 Å². The van der Waals surface area contributed by atoms with E-state index < -0.39 is 5.41 Å². The molecule has 1 aromatic rings. The van der Waals surface area contributed by atoms with Crippen LogP contribution < -0.4 is 5.32 Å². The summed E-state index contributed by atoms with van der Waals surface area (Å²) in [5, 5.41) is 3.60. The molecule has 0 aliphatic rings. The zero-order chi connectivity index (χ0) is 12.9. The lowest BCUT2D eigenvalue weighted by atomic mass is 9.95. The summed E-state index contributed by atoms with van der Waals surface area (Å²) in [6, 6.07) is 7.62. The van der Waals surface area contributed by atoms with Crippen LogP contribution in [0, 0.1) is 5.41 Å². The fourth-order valence-corrected chi connectivity index (χ4v) is 1.52. The molecule has 0 aliphatic heterocycles. The molecule has 0 unspecified atom stereocenters. The molecule has 1 rings (SSSR count). The molecule has 17 heavy (non-hydrogen) atoms. The minimum absolute atomic E-state index is 0.0125. The van der Waals surface area contributed by atoms with Crippen molar-refractivity contribution in [3.63, 3.8) is 0 Å². The van der Waals surface area contributed by atoms with E-state index in [0.29, 0.717) is 12.4 Å². The molecule has 0 fully saturated rings. The minimum Gasteiger partial charge on any atom is -0.355 e. The molecule has 2 nitrogen and oxygen atoms in total. The lowest BCUT2D eigenvalue weighted by Gasteiger charge is -2.20. The van der Waals surface area contributed by atoms with Gasteiger partial charge in [-0.15, -0.1) is 11.6 Å². The Kier molecular flexibility index (Phi) is 5.29. The highest BCUT2D eigenvalue weighted by Gasteiger charge is 2.25. The molecular weight excluding hydrogens is 257 g/mol. The Balaban J connectivity index is 2.38. The van der Waals surface area contributed by atoms with Crippen molar-refractivity contribution in [2.45, 2.75) is 20.3 Å². The van der Waals surface area contributed by atoms with E-state index in [4.69, 9.17) is 23.2 Å². The van der Waals surface area contributed by atoms with Gasteiger partial charge in [0.05, 0.1) is 5.41 Å². The van der Waals surface area contributed by atoms with Gasteiger partial charge in [0, 0.05) is 17.4 Å². The van der Waals surface area contributed by atoms with Crippen LogP contribution in [-0.4, -0.2) is 18.3 Å². The topological polar surface area (TPSA) is 29.1 Å². The molecule has 0 bridgehead atoms. The van der Waals surface area contributed by atoms with Crippen molar-refractivity contribution in [1.82, 2.24) is 5.32 Å². The van der Waals surface area contributed by atoms with Gasteiger partial charge in [0.1, 0.15) is 0 Å². The molecule has 0 spiro atoms. The maximum atomic E-state index is 11.7. The number of nitrogens with one attached hydrogen (secondary N) is 1. The van der Waals surface area contributed by atoms with Gasteiger partial charge in [-0.05, 0) is 38.0 Å². The second-order valence-corrected chi connectivity index (χ2v) is 5.35. The Morgan fingerprint density at radius 3 is 2.41 bits per heavy atom. The van der Waals surface area contributed by atoms with Crippen LogP contribution in [0.15, 0.2) is 24.3 Å². The molecule has 0 aromatic heterocycles. The molecule has 0 atom stereocenters. The number of alkyl halides is 1. The lowest BCUT2D eigenvalue weighted by molar-refractivity contribution is -0.128. The second kappa shape index (κ2) is 6.27. The van der Waals surface area contributed by atoms with Gasteiger partial charge in [0.2, 0.25) is 5.91 Å². The average Bonchev–Trinajstić information content (AvgIpc) is 2.31. The van der Waals surface area contributed by atoms with Crippen molar-refractivity contribution in [3.8, 4) is 0 Å². The van der Waals surface area contributed by atoms with Crippen LogP contribution in [0.1, 0.15) is 19.4 Å². The van der Waals surface area contributed by atoms with Crippen molar-refractivity contribution in [1.29, 1.82) is 0 Å². The Labute approximate surface area is 112 Å². The summed E-state index contributed by atoms with van der Waals surface area (Å²) in [7, 11) is 0. The second-order valence-electron chi connectivity index (χ2n) is 4.65. The van der Waals surface area contributed by atoms with Crippen LogP contribution in [-0.2, 0) is 11.2 Å². The van der Waals surface area contributed by atoms with Gasteiger partial charge in [0.25, 0.3) is 0 Å². The predicted molar refractivity (Wildman–Crippen MR) is 72.7 cm³/mol. The van der Waals surface area contributed by atoms with Gasteiger partial charge in [-0.25, -0.2) is 0 Å². The number of carbonyl (C=O) groups is 1. The highest BCUT2D eigenvalue weighted by Crippen LogP contribution is 2.16. The summed E-state index contributed by atoms with van der Waals surface area (Å²) >= 11 is 11.5. The van der Waals surface area contributed by atoms with E-state index in [1.807, 2.05) is 38.1 Å². The zero-order valence-electron chi connectivity index (χ0n) is 10.1. The molecular formula is C13H17Cl2NO.